The van der Waals surface area contributed by atoms with Crippen molar-refractivity contribution in [2.24, 2.45) is 4.99 Å². The normalized spacial score (nSPS) is 10.3. The summed E-state index contributed by atoms with van der Waals surface area (Å²) < 4.78 is 0. The molecule has 2 aromatic rings. The molecule has 0 aliphatic rings. The van der Waals surface area contributed by atoms with Gasteiger partial charge in [0.1, 0.15) is 5.75 Å². The zero-order valence-corrected chi connectivity index (χ0v) is 12.1. The van der Waals surface area contributed by atoms with E-state index < -0.39 is 0 Å². The van der Waals surface area contributed by atoms with Crippen molar-refractivity contribution < 1.29 is 24.6 Å². The zero-order valence-electron chi connectivity index (χ0n) is 10.4. The van der Waals surface area contributed by atoms with Crippen molar-refractivity contribution in [3.8, 4) is 5.75 Å². The molecule has 0 aliphatic heterocycles. The molecule has 0 radical (unpaired) electrons. The Morgan fingerprint density at radius 3 is 2.17 bits per heavy atom. The summed E-state index contributed by atoms with van der Waals surface area (Å²) in [7, 11) is 0. The van der Waals surface area contributed by atoms with Crippen molar-refractivity contribution >= 4 is 11.9 Å². The second-order valence-corrected chi connectivity index (χ2v) is 4.06. The molecule has 0 spiro atoms. The van der Waals surface area contributed by atoms with Gasteiger partial charge in [0.25, 0.3) is 0 Å². The van der Waals surface area contributed by atoms with Gasteiger partial charge in [0.15, 0.2) is 0 Å². The molecule has 0 aromatic heterocycles. The molecule has 2 nitrogen and oxygen atoms in total. The van der Waals surface area contributed by atoms with Crippen LogP contribution in [0.4, 0.5) is 5.69 Å². The van der Waals surface area contributed by atoms with Crippen LogP contribution in [0.1, 0.15) is 16.7 Å². The summed E-state index contributed by atoms with van der Waals surface area (Å²) in [5, 5.41) is 9.64. The maximum Gasteiger partial charge on any atom is 0.124 e. The smallest absolute Gasteiger partial charge is 0.124 e. The first kappa shape index (κ1) is 14.6. The average molecular weight is 326 g/mol. The third-order valence-corrected chi connectivity index (χ3v) is 2.71. The average Bonchev–Trinajstić information content (AvgIpc) is 2.30. The first-order chi connectivity index (χ1) is 8.18. The van der Waals surface area contributed by atoms with E-state index in [2.05, 4.69) is 4.99 Å². The van der Waals surface area contributed by atoms with Gasteiger partial charge < -0.3 is 5.11 Å². The molecule has 0 atom stereocenters. The summed E-state index contributed by atoms with van der Waals surface area (Å²) in [6, 6.07) is 13.3. The van der Waals surface area contributed by atoms with Crippen LogP contribution in [0.25, 0.3) is 0 Å². The molecule has 0 fully saturated rings. The van der Waals surface area contributed by atoms with Crippen LogP contribution in [0.2, 0.25) is 0 Å². The molecular formula is C15H15NORu. The standard InChI is InChI=1S/C15H15NO.Ru/c1-11-6-5-7-12(2)15(11)16-10-13-8-3-4-9-14(13)17;/h3-10,17H,1-2H3;. The molecule has 0 saturated carbocycles. The fourth-order valence-electron chi connectivity index (χ4n) is 1.74. The molecule has 3 heteroatoms. The van der Waals surface area contributed by atoms with E-state index in [-0.39, 0.29) is 25.2 Å². The van der Waals surface area contributed by atoms with Gasteiger partial charge >= 0.3 is 0 Å². The Bertz CT molecular complexity index is 544. The van der Waals surface area contributed by atoms with E-state index in [1.54, 1.807) is 18.3 Å². The van der Waals surface area contributed by atoms with Crippen molar-refractivity contribution in [1.82, 2.24) is 0 Å². The molecule has 0 aliphatic carbocycles. The van der Waals surface area contributed by atoms with Gasteiger partial charge in [-0.25, -0.2) is 0 Å². The number of aromatic hydroxyl groups is 1. The monoisotopic (exact) mass is 327 g/mol. The zero-order chi connectivity index (χ0) is 12.3. The van der Waals surface area contributed by atoms with E-state index in [0.29, 0.717) is 0 Å². The van der Waals surface area contributed by atoms with Crippen molar-refractivity contribution in [2.45, 2.75) is 13.8 Å². The van der Waals surface area contributed by atoms with Crippen LogP contribution in [0.15, 0.2) is 47.5 Å². The Balaban J connectivity index is 0.00000162. The van der Waals surface area contributed by atoms with Crippen LogP contribution < -0.4 is 0 Å². The van der Waals surface area contributed by atoms with E-state index in [9.17, 15) is 5.11 Å². The van der Waals surface area contributed by atoms with E-state index >= 15 is 0 Å². The Morgan fingerprint density at radius 1 is 0.944 bits per heavy atom. The number of hydrogen-bond acceptors (Lipinski definition) is 2. The van der Waals surface area contributed by atoms with Crippen LogP contribution in [0, 0.1) is 13.8 Å². The van der Waals surface area contributed by atoms with Gasteiger partial charge in [0.05, 0.1) is 5.69 Å². The first-order valence-corrected chi connectivity index (χ1v) is 5.57. The summed E-state index contributed by atoms with van der Waals surface area (Å²) in [4.78, 5) is 4.45. The van der Waals surface area contributed by atoms with Gasteiger partial charge in [0, 0.05) is 31.3 Å². The molecule has 0 unspecified atom stereocenters. The van der Waals surface area contributed by atoms with Gasteiger partial charge in [-0.3, -0.25) is 4.99 Å². The minimum atomic E-state index is 0. The first-order valence-electron chi connectivity index (χ1n) is 5.57. The van der Waals surface area contributed by atoms with Gasteiger partial charge in [-0.15, -0.1) is 0 Å². The maximum atomic E-state index is 9.64. The molecular weight excluding hydrogens is 311 g/mol. The summed E-state index contributed by atoms with van der Waals surface area (Å²) in [5.41, 5.74) is 3.97. The van der Waals surface area contributed by atoms with Crippen molar-refractivity contribution in [1.29, 1.82) is 0 Å². The number of hydrogen-bond donors (Lipinski definition) is 1. The minimum absolute atomic E-state index is 0. The second kappa shape index (κ2) is 6.46. The van der Waals surface area contributed by atoms with Gasteiger partial charge in [-0.1, -0.05) is 30.3 Å². The van der Waals surface area contributed by atoms with Crippen LogP contribution in [-0.2, 0) is 19.5 Å². The Hall–Kier alpha value is -1.47. The quantitative estimate of drug-likeness (QED) is 0.661. The molecule has 18 heavy (non-hydrogen) atoms. The predicted octanol–water partition coefficient (Wildman–Crippen LogP) is 3.76. The SMILES string of the molecule is Cc1cccc(C)c1N=Cc1ccccc1O.[Ru]. The minimum Gasteiger partial charge on any atom is -0.507 e. The third-order valence-electron chi connectivity index (χ3n) is 2.71. The number of rotatable bonds is 2. The van der Waals surface area contributed by atoms with Gasteiger partial charge in [-0.2, -0.15) is 0 Å². The van der Waals surface area contributed by atoms with Crippen molar-refractivity contribution in [2.75, 3.05) is 0 Å². The fourth-order valence-corrected chi connectivity index (χ4v) is 1.74. The van der Waals surface area contributed by atoms with E-state index in [1.165, 1.54) is 0 Å². The van der Waals surface area contributed by atoms with Crippen LogP contribution in [0.3, 0.4) is 0 Å². The third kappa shape index (κ3) is 3.27. The van der Waals surface area contributed by atoms with Gasteiger partial charge in [0.2, 0.25) is 0 Å². The number of benzene rings is 2. The molecule has 0 heterocycles. The van der Waals surface area contributed by atoms with E-state index in [0.717, 1.165) is 22.4 Å². The van der Waals surface area contributed by atoms with E-state index in [4.69, 9.17) is 0 Å². The second-order valence-electron chi connectivity index (χ2n) is 4.06. The molecule has 2 aromatic carbocycles. The summed E-state index contributed by atoms with van der Waals surface area (Å²) in [6.45, 7) is 4.06. The van der Waals surface area contributed by atoms with Crippen LogP contribution in [0.5, 0.6) is 5.75 Å². The molecule has 0 bridgehead atoms. The molecule has 94 valence electrons. The number of phenolic OH excluding ortho intramolecular Hbond substituents is 1. The number of aryl methyl sites for hydroxylation is 2. The predicted molar refractivity (Wildman–Crippen MR) is 71.3 cm³/mol. The Kier molecular flexibility index (Phi) is 5.24. The molecule has 0 saturated heterocycles. The number of para-hydroxylation sites is 2. The molecule has 1 N–H and O–H groups in total. The van der Waals surface area contributed by atoms with Crippen molar-refractivity contribution in [3.05, 3.63) is 59.2 Å². The molecule has 0 amide bonds. The van der Waals surface area contributed by atoms with Crippen molar-refractivity contribution in [3.63, 3.8) is 0 Å². The van der Waals surface area contributed by atoms with Crippen LogP contribution >= 0.6 is 0 Å². The maximum absolute atomic E-state index is 9.64. The topological polar surface area (TPSA) is 32.6 Å². The Labute approximate surface area is 120 Å². The van der Waals surface area contributed by atoms with Gasteiger partial charge in [-0.05, 0) is 37.1 Å². The summed E-state index contributed by atoms with van der Waals surface area (Å²) >= 11 is 0. The molecule has 2 rings (SSSR count). The van der Waals surface area contributed by atoms with E-state index in [1.807, 2.05) is 44.2 Å². The number of phenols is 1. The summed E-state index contributed by atoms with van der Waals surface area (Å²) in [5.74, 6) is 0.252. The number of aliphatic imine (C=N–C) groups is 1. The number of nitrogens with zero attached hydrogens (tertiary/aromatic N) is 1. The van der Waals surface area contributed by atoms with Crippen LogP contribution in [-0.4, -0.2) is 11.3 Å². The summed E-state index contributed by atoms with van der Waals surface area (Å²) in [6.07, 6.45) is 1.70. The Morgan fingerprint density at radius 2 is 1.56 bits per heavy atom. The largest absolute Gasteiger partial charge is 0.507 e. The fraction of sp³-hybridized carbons (Fsp3) is 0.133.